The quantitative estimate of drug-likeness (QED) is 0.477. The normalized spacial score (nSPS) is 29.0. The van der Waals surface area contributed by atoms with Crippen molar-refractivity contribution >= 4 is 21.5 Å². The first-order chi connectivity index (χ1) is 20.1. The van der Waals surface area contributed by atoms with E-state index in [1.165, 1.54) is 6.92 Å². The number of hydrogen-bond donors (Lipinski definition) is 2. The number of aryl methyl sites for hydroxylation is 1. The fraction of sp³-hybridized carbons (Fsp3) is 0.621. The van der Waals surface area contributed by atoms with Crippen molar-refractivity contribution in [1.82, 2.24) is 19.9 Å². The van der Waals surface area contributed by atoms with Crippen molar-refractivity contribution in [3.8, 4) is 6.01 Å². The second kappa shape index (κ2) is 10.3. The summed E-state index contributed by atoms with van der Waals surface area (Å²) < 4.78 is 76.3. The van der Waals surface area contributed by atoms with E-state index in [1.54, 1.807) is 6.92 Å². The minimum absolute atomic E-state index is 0.0310. The summed E-state index contributed by atoms with van der Waals surface area (Å²) >= 11 is 0. The predicted octanol–water partition coefficient (Wildman–Crippen LogP) is 3.52. The Morgan fingerprint density at radius 1 is 1.21 bits per heavy atom. The Morgan fingerprint density at radius 2 is 1.95 bits per heavy atom. The maximum absolute atomic E-state index is 14.2. The van der Waals surface area contributed by atoms with Crippen LogP contribution >= 0.6 is 0 Å². The van der Waals surface area contributed by atoms with Gasteiger partial charge >= 0.3 is 12.2 Å². The van der Waals surface area contributed by atoms with E-state index in [9.17, 15) is 26.7 Å². The molecule has 0 aliphatic carbocycles. The topological polar surface area (TPSA) is 135 Å². The van der Waals surface area contributed by atoms with Gasteiger partial charge in [0.15, 0.2) is 9.84 Å². The highest BCUT2D eigenvalue weighted by Crippen LogP contribution is 2.45. The van der Waals surface area contributed by atoms with Crippen LogP contribution < -0.4 is 15.4 Å². The molecular weight excluding hydrogens is 585 g/mol. The number of nitrogen functional groups attached to an aromatic ring is 1. The number of fused-ring (bicyclic) bond motifs is 2. The molecule has 4 aliphatic heterocycles. The fourth-order valence-electron chi connectivity index (χ4n) is 7.38. The number of nitrogens with two attached hydrogens (primary N) is 1. The van der Waals surface area contributed by atoms with E-state index in [-0.39, 0.29) is 41.6 Å². The molecule has 0 spiro atoms. The molecular formula is C29H37F3N6O4S. The molecule has 0 unspecified atom stereocenters. The van der Waals surface area contributed by atoms with E-state index in [0.717, 1.165) is 44.0 Å². The molecule has 0 saturated carbocycles. The van der Waals surface area contributed by atoms with Crippen molar-refractivity contribution in [2.24, 2.45) is 0 Å². The molecule has 3 fully saturated rings. The highest BCUT2D eigenvalue weighted by molar-refractivity contribution is 7.91. The van der Waals surface area contributed by atoms with Crippen LogP contribution in [-0.2, 0) is 28.2 Å². The van der Waals surface area contributed by atoms with Crippen molar-refractivity contribution in [2.75, 3.05) is 43.4 Å². The Bertz CT molecular complexity index is 1580. The summed E-state index contributed by atoms with van der Waals surface area (Å²) in [5.41, 5.74) is 4.39. The number of aromatic nitrogens is 3. The van der Waals surface area contributed by atoms with Crippen LogP contribution in [0.2, 0.25) is 0 Å². The number of anilines is 2. The zero-order chi connectivity index (χ0) is 30.9. The number of β-amino-alcohol motifs (C(OH)–C–C–N with tert-alkyl or cyclic N) is 1. The molecule has 0 amide bonds. The molecule has 0 bridgehead atoms. The van der Waals surface area contributed by atoms with Gasteiger partial charge < -0.3 is 20.5 Å². The average Bonchev–Trinajstić information content (AvgIpc) is 3.40. The number of piperidine rings is 1. The second-order valence-electron chi connectivity index (χ2n) is 12.9. The van der Waals surface area contributed by atoms with E-state index in [4.69, 9.17) is 10.5 Å². The van der Waals surface area contributed by atoms with E-state index in [0.29, 0.717) is 37.4 Å². The Labute approximate surface area is 249 Å². The van der Waals surface area contributed by atoms with Crippen LogP contribution in [0, 0.1) is 6.92 Å². The van der Waals surface area contributed by atoms with E-state index in [1.807, 2.05) is 4.90 Å². The Hall–Kier alpha value is -2.97. The summed E-state index contributed by atoms with van der Waals surface area (Å²) in [6, 6.07) is 1.12. The van der Waals surface area contributed by atoms with E-state index >= 15 is 0 Å². The third kappa shape index (κ3) is 5.57. The predicted molar refractivity (Wildman–Crippen MR) is 154 cm³/mol. The second-order valence-corrected chi connectivity index (χ2v) is 15.0. The van der Waals surface area contributed by atoms with Gasteiger partial charge in [-0.2, -0.15) is 23.1 Å². The summed E-state index contributed by atoms with van der Waals surface area (Å²) in [4.78, 5) is 17.4. The molecule has 3 atom stereocenters. The van der Waals surface area contributed by atoms with Crippen LogP contribution in [0.1, 0.15) is 72.4 Å². The van der Waals surface area contributed by atoms with Crippen LogP contribution in [0.15, 0.2) is 18.2 Å². The zero-order valence-electron chi connectivity index (χ0n) is 24.4. The largest absolute Gasteiger partial charge is 0.461 e. The summed E-state index contributed by atoms with van der Waals surface area (Å²) in [6.45, 7) is 9.89. The lowest BCUT2D eigenvalue weighted by molar-refractivity contribution is -0.139. The molecule has 14 heteroatoms. The first-order valence-corrected chi connectivity index (χ1v) is 16.3. The maximum Gasteiger partial charge on any atom is 0.418 e. The number of halogens is 3. The van der Waals surface area contributed by atoms with Crippen molar-refractivity contribution in [3.63, 3.8) is 0 Å². The van der Waals surface area contributed by atoms with Gasteiger partial charge in [0.1, 0.15) is 23.5 Å². The highest BCUT2D eigenvalue weighted by Gasteiger charge is 2.48. The molecule has 3 N–H and O–H groups in total. The highest BCUT2D eigenvalue weighted by atomic mass is 32.2. The van der Waals surface area contributed by atoms with Gasteiger partial charge in [0, 0.05) is 31.6 Å². The van der Waals surface area contributed by atoms with E-state index in [2.05, 4.69) is 26.4 Å². The number of ether oxygens (including phenoxy) is 1. The zero-order valence-corrected chi connectivity index (χ0v) is 25.2. The third-order valence-corrected chi connectivity index (χ3v) is 11.2. The third-order valence-electron chi connectivity index (χ3n) is 9.24. The van der Waals surface area contributed by atoms with Crippen molar-refractivity contribution in [3.05, 3.63) is 46.3 Å². The van der Waals surface area contributed by atoms with Crippen molar-refractivity contribution < 1.29 is 31.4 Å². The van der Waals surface area contributed by atoms with Gasteiger partial charge in [-0.1, -0.05) is 12.2 Å². The average molecular weight is 623 g/mol. The van der Waals surface area contributed by atoms with Gasteiger partial charge in [0.05, 0.1) is 33.8 Å². The van der Waals surface area contributed by atoms with Gasteiger partial charge in [-0.05, 0) is 64.1 Å². The number of sulfone groups is 1. The SMILES string of the molecule is C=C1CN2CCC[C@@]2(COc2nc3c(c(N4CCC[C@@](C)(O)C4)n2)CS(=O)(=O)[C@@H](c2nc(N)cc(C)c2C(F)(F)F)C3)C1. The summed E-state index contributed by atoms with van der Waals surface area (Å²) in [5.74, 6) is -0.444. The van der Waals surface area contributed by atoms with Gasteiger partial charge in [-0.3, -0.25) is 4.90 Å². The number of nitrogens with zero attached hydrogens (tertiary/aromatic N) is 5. The van der Waals surface area contributed by atoms with Crippen LogP contribution in [0.5, 0.6) is 6.01 Å². The first kappa shape index (κ1) is 30.1. The number of alkyl halides is 3. The Kier molecular flexibility index (Phi) is 7.20. The number of pyridine rings is 1. The minimum Gasteiger partial charge on any atom is -0.461 e. The lowest BCUT2D eigenvalue weighted by atomic mass is 9.94. The molecule has 43 heavy (non-hydrogen) atoms. The monoisotopic (exact) mass is 622 g/mol. The lowest BCUT2D eigenvalue weighted by Gasteiger charge is -2.39. The molecule has 6 rings (SSSR count). The Morgan fingerprint density at radius 3 is 2.67 bits per heavy atom. The number of rotatable bonds is 5. The van der Waals surface area contributed by atoms with E-state index < -0.39 is 43.9 Å². The summed E-state index contributed by atoms with van der Waals surface area (Å²) in [6.07, 6.45) is -1.20. The van der Waals surface area contributed by atoms with Gasteiger partial charge in [0.2, 0.25) is 0 Å². The minimum atomic E-state index is -4.84. The van der Waals surface area contributed by atoms with Crippen LogP contribution in [0.3, 0.4) is 0 Å². The smallest absolute Gasteiger partial charge is 0.418 e. The molecule has 2 aromatic heterocycles. The molecule has 0 aromatic carbocycles. The van der Waals surface area contributed by atoms with Crippen molar-refractivity contribution in [1.29, 1.82) is 0 Å². The first-order valence-electron chi connectivity index (χ1n) is 14.5. The van der Waals surface area contributed by atoms with Crippen LogP contribution in [0.4, 0.5) is 24.8 Å². The fourth-order valence-corrected chi connectivity index (χ4v) is 9.20. The maximum atomic E-state index is 14.2. The van der Waals surface area contributed by atoms with Gasteiger partial charge in [0.25, 0.3) is 0 Å². The molecule has 3 saturated heterocycles. The van der Waals surface area contributed by atoms with Gasteiger partial charge in [-0.15, -0.1) is 0 Å². The van der Waals surface area contributed by atoms with Crippen molar-refractivity contribution in [2.45, 2.75) is 80.7 Å². The van der Waals surface area contributed by atoms with Gasteiger partial charge in [-0.25, -0.2) is 13.4 Å². The molecule has 234 valence electrons. The standard InChI is InChI=1S/C29H37F3N6O4S/c1-17-12-28(7-5-9-38(28)13-17)16-42-26-34-20-11-21(24-23(29(30,31)32)18(2)10-22(33)35-24)43(40,41)14-19(20)25(36-26)37-8-4-6-27(3,39)15-37/h10,21,39H,1,4-9,11-16H2,2-3H3,(H2,33,35)/t21-,27-,28+/m1/s1. The molecule has 4 aliphatic rings. The van der Waals surface area contributed by atoms with Crippen LogP contribution in [0.25, 0.3) is 0 Å². The molecule has 2 aromatic rings. The Balaban J connectivity index is 1.43. The number of aliphatic hydroxyl groups is 1. The molecule has 6 heterocycles. The summed E-state index contributed by atoms with van der Waals surface area (Å²) in [7, 11) is -4.20. The number of hydrogen-bond acceptors (Lipinski definition) is 10. The summed E-state index contributed by atoms with van der Waals surface area (Å²) in [5, 5.41) is 9.22. The lowest BCUT2D eigenvalue weighted by Crippen LogP contribution is -2.47. The molecule has 10 nitrogen and oxygen atoms in total. The molecule has 0 radical (unpaired) electrons. The van der Waals surface area contributed by atoms with Crippen LogP contribution in [-0.4, -0.2) is 77.3 Å².